The highest BCUT2D eigenvalue weighted by Gasteiger charge is 2.40. The lowest BCUT2D eigenvalue weighted by atomic mass is 10.1. The van der Waals surface area contributed by atoms with Gasteiger partial charge in [-0.05, 0) is 50.1 Å². The number of sulfonamides is 1. The van der Waals surface area contributed by atoms with Gasteiger partial charge in [-0.1, -0.05) is 37.3 Å². The Bertz CT molecular complexity index is 1380. The average molecular weight is 515 g/mol. The molecular weight excluding hydrogens is 488 g/mol. The first-order chi connectivity index (χ1) is 16.7. The Labute approximate surface area is 207 Å². The van der Waals surface area contributed by atoms with Crippen LogP contribution in [-0.2, 0) is 14.8 Å². The summed E-state index contributed by atoms with van der Waals surface area (Å²) in [5, 5.41) is 2.91. The van der Waals surface area contributed by atoms with Crippen LogP contribution in [0.2, 0.25) is 0 Å². The van der Waals surface area contributed by atoms with Crippen molar-refractivity contribution in [1.29, 1.82) is 0 Å². The molecule has 35 heavy (non-hydrogen) atoms. The number of nitrogens with zero attached hydrogens (tertiary/aromatic N) is 3. The Morgan fingerprint density at radius 1 is 1.06 bits per heavy atom. The van der Waals surface area contributed by atoms with Crippen LogP contribution in [0.1, 0.15) is 54.3 Å². The van der Waals surface area contributed by atoms with Crippen molar-refractivity contribution in [2.75, 3.05) is 18.4 Å². The number of fused-ring (bicyclic) bond motifs is 2. The molecule has 3 aromatic rings. The van der Waals surface area contributed by atoms with E-state index in [1.807, 2.05) is 13.8 Å². The van der Waals surface area contributed by atoms with Gasteiger partial charge >= 0.3 is 0 Å². The summed E-state index contributed by atoms with van der Waals surface area (Å²) >= 11 is 1.13. The Kier molecular flexibility index (Phi) is 7.02. The third-order valence-electron chi connectivity index (χ3n) is 5.77. The third kappa shape index (κ3) is 4.58. The number of aromatic nitrogens is 1. The minimum Gasteiger partial charge on any atom is -0.300 e. The van der Waals surface area contributed by atoms with Crippen LogP contribution in [0, 0.1) is 0 Å². The lowest BCUT2D eigenvalue weighted by molar-refractivity contribution is -0.119. The van der Waals surface area contributed by atoms with Gasteiger partial charge in [0.05, 0.1) is 26.2 Å². The topological polar surface area (TPSA) is 117 Å². The quantitative estimate of drug-likeness (QED) is 0.435. The van der Waals surface area contributed by atoms with E-state index in [9.17, 15) is 22.8 Å². The van der Waals surface area contributed by atoms with Crippen LogP contribution in [0.15, 0.2) is 47.4 Å². The van der Waals surface area contributed by atoms with Gasteiger partial charge in [-0.2, -0.15) is 4.31 Å². The molecule has 0 fully saturated rings. The van der Waals surface area contributed by atoms with Crippen LogP contribution in [0.4, 0.5) is 5.13 Å². The highest BCUT2D eigenvalue weighted by Crippen LogP contribution is 2.30. The smallest absolute Gasteiger partial charge is 0.262 e. The van der Waals surface area contributed by atoms with Gasteiger partial charge in [0.1, 0.15) is 6.04 Å². The number of amides is 3. The van der Waals surface area contributed by atoms with E-state index in [0.29, 0.717) is 36.1 Å². The molecule has 0 spiro atoms. The van der Waals surface area contributed by atoms with Gasteiger partial charge < -0.3 is 5.32 Å². The summed E-state index contributed by atoms with van der Waals surface area (Å²) in [7, 11) is -3.65. The van der Waals surface area contributed by atoms with Crippen LogP contribution in [0.5, 0.6) is 0 Å². The van der Waals surface area contributed by atoms with Crippen LogP contribution in [-0.4, -0.2) is 59.5 Å². The van der Waals surface area contributed by atoms with Crippen molar-refractivity contribution >= 4 is 54.4 Å². The standard InChI is InChI=1S/C24H26N4O5S2/c1-4-12-27(13-5-2)35(32,33)16-10-11-19-20(14-16)34-24(25-19)26-21(29)15(3)28-22(30)17-8-6-7-9-18(17)23(28)31/h6-11,14-15H,4-5,12-13H2,1-3H3,(H,25,26,29). The molecule has 1 atom stereocenters. The van der Waals surface area contributed by atoms with Crippen LogP contribution in [0.25, 0.3) is 10.2 Å². The van der Waals surface area contributed by atoms with Crippen molar-refractivity contribution in [3.63, 3.8) is 0 Å². The number of carbonyl (C=O) groups is 3. The fourth-order valence-corrected chi connectivity index (χ4v) is 6.64. The fourth-order valence-electron chi connectivity index (χ4n) is 4.01. The molecule has 0 aliphatic carbocycles. The molecule has 9 nitrogen and oxygen atoms in total. The number of anilines is 1. The number of imide groups is 1. The molecule has 11 heteroatoms. The van der Waals surface area contributed by atoms with Crippen LogP contribution >= 0.6 is 11.3 Å². The number of carbonyl (C=O) groups excluding carboxylic acids is 3. The van der Waals surface area contributed by atoms with Gasteiger partial charge in [-0.3, -0.25) is 19.3 Å². The minimum absolute atomic E-state index is 0.174. The van der Waals surface area contributed by atoms with E-state index < -0.39 is 33.8 Å². The molecular formula is C24H26N4O5S2. The molecule has 0 saturated carbocycles. The van der Waals surface area contributed by atoms with Crippen molar-refractivity contribution in [3.8, 4) is 0 Å². The van der Waals surface area contributed by atoms with Gasteiger partial charge in [0.15, 0.2) is 5.13 Å². The van der Waals surface area contributed by atoms with E-state index in [-0.39, 0.29) is 21.2 Å². The Morgan fingerprint density at radius 2 is 1.66 bits per heavy atom. The second-order valence-electron chi connectivity index (χ2n) is 8.24. The van der Waals surface area contributed by atoms with E-state index in [4.69, 9.17) is 0 Å². The number of hydrogen-bond acceptors (Lipinski definition) is 7. The van der Waals surface area contributed by atoms with Gasteiger partial charge in [0.25, 0.3) is 11.8 Å². The first-order valence-corrected chi connectivity index (χ1v) is 13.6. The van der Waals surface area contributed by atoms with E-state index in [2.05, 4.69) is 10.3 Å². The van der Waals surface area contributed by atoms with E-state index in [1.54, 1.807) is 36.4 Å². The SMILES string of the molecule is CCCN(CCC)S(=O)(=O)c1ccc2nc(NC(=O)C(C)N3C(=O)c4ccccc4C3=O)sc2c1. The van der Waals surface area contributed by atoms with Crippen molar-refractivity contribution in [2.24, 2.45) is 0 Å². The molecule has 2 heterocycles. The normalized spacial score (nSPS) is 14.6. The average Bonchev–Trinajstić information content (AvgIpc) is 3.35. The van der Waals surface area contributed by atoms with E-state index in [1.165, 1.54) is 17.3 Å². The molecule has 184 valence electrons. The highest BCUT2D eigenvalue weighted by molar-refractivity contribution is 7.89. The van der Waals surface area contributed by atoms with Gasteiger partial charge in [-0.15, -0.1) is 0 Å². The van der Waals surface area contributed by atoms with Crippen LogP contribution in [0.3, 0.4) is 0 Å². The third-order valence-corrected chi connectivity index (χ3v) is 8.59. The molecule has 0 bridgehead atoms. The Balaban J connectivity index is 1.54. The second-order valence-corrected chi connectivity index (χ2v) is 11.2. The zero-order valence-electron chi connectivity index (χ0n) is 19.6. The monoisotopic (exact) mass is 514 g/mol. The predicted molar refractivity (Wildman–Crippen MR) is 134 cm³/mol. The molecule has 1 unspecified atom stereocenters. The zero-order valence-corrected chi connectivity index (χ0v) is 21.3. The van der Waals surface area contributed by atoms with Crippen LogP contribution < -0.4 is 5.32 Å². The molecule has 3 amide bonds. The maximum atomic E-state index is 13.1. The summed E-state index contributed by atoms with van der Waals surface area (Å²) in [6.45, 7) is 6.22. The Hall–Kier alpha value is -3.15. The van der Waals surface area contributed by atoms with Gasteiger partial charge in [0, 0.05) is 13.1 Å². The Morgan fingerprint density at radius 3 is 2.23 bits per heavy atom. The molecule has 1 N–H and O–H groups in total. The predicted octanol–water partition coefficient (Wildman–Crippen LogP) is 3.73. The summed E-state index contributed by atoms with van der Waals surface area (Å²) in [4.78, 5) is 43.7. The lowest BCUT2D eigenvalue weighted by Crippen LogP contribution is -2.45. The van der Waals surface area contributed by atoms with Crippen molar-refractivity contribution in [2.45, 2.75) is 44.6 Å². The van der Waals surface area contributed by atoms with Crippen molar-refractivity contribution < 1.29 is 22.8 Å². The van der Waals surface area contributed by atoms with Gasteiger partial charge in [0.2, 0.25) is 15.9 Å². The number of benzene rings is 2. The lowest BCUT2D eigenvalue weighted by Gasteiger charge is -2.21. The van der Waals surface area contributed by atoms with Crippen molar-refractivity contribution in [3.05, 3.63) is 53.6 Å². The maximum absolute atomic E-state index is 13.1. The largest absolute Gasteiger partial charge is 0.300 e. The minimum atomic E-state index is -3.65. The summed E-state index contributed by atoms with van der Waals surface area (Å²) in [6, 6.07) is 10.1. The first kappa shape index (κ1) is 25.0. The van der Waals surface area contributed by atoms with E-state index >= 15 is 0 Å². The summed E-state index contributed by atoms with van der Waals surface area (Å²) < 4.78 is 28.3. The van der Waals surface area contributed by atoms with E-state index in [0.717, 1.165) is 16.2 Å². The maximum Gasteiger partial charge on any atom is 0.262 e. The zero-order chi connectivity index (χ0) is 25.3. The number of hydrogen-bond donors (Lipinski definition) is 1. The summed E-state index contributed by atoms with van der Waals surface area (Å²) in [6.07, 6.45) is 1.42. The molecule has 0 saturated heterocycles. The number of rotatable bonds is 9. The number of thiazole rings is 1. The summed E-state index contributed by atoms with van der Waals surface area (Å²) in [5.74, 6) is -1.60. The first-order valence-electron chi connectivity index (χ1n) is 11.4. The van der Waals surface area contributed by atoms with Gasteiger partial charge in [-0.25, -0.2) is 13.4 Å². The molecule has 1 aromatic heterocycles. The highest BCUT2D eigenvalue weighted by atomic mass is 32.2. The summed E-state index contributed by atoms with van der Waals surface area (Å²) in [5.41, 5.74) is 1.08. The molecule has 2 aromatic carbocycles. The fraction of sp³-hybridized carbons (Fsp3) is 0.333. The number of nitrogens with one attached hydrogen (secondary N) is 1. The second kappa shape index (κ2) is 9.84. The molecule has 4 rings (SSSR count). The molecule has 0 radical (unpaired) electrons. The van der Waals surface area contributed by atoms with Crippen molar-refractivity contribution in [1.82, 2.24) is 14.2 Å². The molecule has 1 aliphatic rings. The molecule has 1 aliphatic heterocycles.